The van der Waals surface area contributed by atoms with Gasteiger partial charge in [0, 0.05) is 17.9 Å². The van der Waals surface area contributed by atoms with Crippen LogP contribution < -0.4 is 0 Å². The van der Waals surface area contributed by atoms with Crippen molar-refractivity contribution in [2.45, 2.75) is 11.3 Å². The van der Waals surface area contributed by atoms with Gasteiger partial charge < -0.3 is 0 Å². The average molecular weight is 368 g/mol. The summed E-state index contributed by atoms with van der Waals surface area (Å²) in [6.07, 6.45) is 4.36. The molecule has 130 valence electrons. The minimum atomic E-state index is -3.92. The number of rotatable bonds is 3. The van der Waals surface area contributed by atoms with E-state index in [-0.39, 0.29) is 16.7 Å². The van der Waals surface area contributed by atoms with Gasteiger partial charge in [-0.1, -0.05) is 12.2 Å². The molecule has 1 aliphatic rings. The van der Waals surface area contributed by atoms with Crippen LogP contribution >= 0.6 is 0 Å². The fraction of sp³-hybridized carbons (Fsp3) is 0.111. The number of allylic oxidation sites excluding steroid dienone is 4. The van der Waals surface area contributed by atoms with Crippen LogP contribution in [-0.2, 0) is 9.84 Å². The third-order valence-electron chi connectivity index (χ3n) is 3.82. The molecule has 0 atom stereocenters. The summed E-state index contributed by atoms with van der Waals surface area (Å²) in [6, 6.07) is 4.29. The first-order valence-electron chi connectivity index (χ1n) is 7.23. The van der Waals surface area contributed by atoms with Gasteiger partial charge in [-0.3, -0.25) is 0 Å². The van der Waals surface area contributed by atoms with Crippen molar-refractivity contribution in [3.05, 3.63) is 76.9 Å². The van der Waals surface area contributed by atoms with Gasteiger partial charge in [-0.05, 0) is 47.4 Å². The number of hydrogen-bond donors (Lipinski definition) is 0. The molecule has 0 aliphatic heterocycles. The van der Waals surface area contributed by atoms with Gasteiger partial charge in [0.05, 0.1) is 0 Å². The van der Waals surface area contributed by atoms with Crippen molar-refractivity contribution in [2.75, 3.05) is 6.26 Å². The molecule has 2 aromatic rings. The van der Waals surface area contributed by atoms with E-state index in [1.165, 1.54) is 0 Å². The summed E-state index contributed by atoms with van der Waals surface area (Å²) < 4.78 is 78.4. The summed E-state index contributed by atoms with van der Waals surface area (Å²) in [7, 11) is -3.92. The molecule has 3 rings (SSSR count). The van der Waals surface area contributed by atoms with Gasteiger partial charge in [0.15, 0.2) is 9.84 Å². The Bertz CT molecular complexity index is 1020. The molecule has 25 heavy (non-hydrogen) atoms. The van der Waals surface area contributed by atoms with Crippen LogP contribution in [0.4, 0.5) is 17.6 Å². The Morgan fingerprint density at radius 1 is 0.800 bits per heavy atom. The van der Waals surface area contributed by atoms with Crippen LogP contribution in [0, 0.1) is 23.3 Å². The molecule has 0 radical (unpaired) electrons. The Balaban J connectivity index is 2.11. The maximum Gasteiger partial charge on any atom is 0.178 e. The smallest absolute Gasteiger partial charge is 0.178 e. The van der Waals surface area contributed by atoms with Crippen LogP contribution in [-0.4, -0.2) is 14.7 Å². The van der Waals surface area contributed by atoms with E-state index in [0.717, 1.165) is 24.5 Å². The lowest BCUT2D eigenvalue weighted by Gasteiger charge is -2.12. The highest BCUT2D eigenvalue weighted by molar-refractivity contribution is 7.90. The van der Waals surface area contributed by atoms with Crippen LogP contribution in [0.5, 0.6) is 0 Å². The second kappa shape index (κ2) is 6.15. The average Bonchev–Trinajstić information content (AvgIpc) is 2.96. The molecule has 0 aromatic heterocycles. The summed E-state index contributed by atoms with van der Waals surface area (Å²) in [4.78, 5) is -0.741. The first-order chi connectivity index (χ1) is 11.7. The predicted octanol–water partition coefficient (Wildman–Crippen LogP) is 4.52. The largest absolute Gasteiger partial charge is 0.224 e. The molecule has 2 nitrogen and oxygen atoms in total. The predicted molar refractivity (Wildman–Crippen MR) is 86.4 cm³/mol. The van der Waals surface area contributed by atoms with Crippen LogP contribution in [0.25, 0.3) is 11.1 Å². The quantitative estimate of drug-likeness (QED) is 0.747. The molecule has 2 aromatic carbocycles. The van der Waals surface area contributed by atoms with E-state index in [9.17, 15) is 26.0 Å². The van der Waals surface area contributed by atoms with E-state index in [0.29, 0.717) is 24.1 Å². The van der Waals surface area contributed by atoms with Gasteiger partial charge in [-0.15, -0.1) is 0 Å². The lowest BCUT2D eigenvalue weighted by atomic mass is 9.94. The van der Waals surface area contributed by atoms with Crippen molar-refractivity contribution < 1.29 is 26.0 Å². The zero-order chi connectivity index (χ0) is 18.4. The van der Waals surface area contributed by atoms with Gasteiger partial charge in [0.2, 0.25) is 0 Å². The van der Waals surface area contributed by atoms with E-state index in [1.807, 2.05) is 0 Å². The summed E-state index contributed by atoms with van der Waals surface area (Å²) >= 11 is 0. The van der Waals surface area contributed by atoms with Crippen molar-refractivity contribution in [3.8, 4) is 0 Å². The van der Waals surface area contributed by atoms with Crippen molar-refractivity contribution in [1.82, 2.24) is 0 Å². The molecular formula is C18H12F4O2S. The Labute approximate surface area is 142 Å². The van der Waals surface area contributed by atoms with Crippen molar-refractivity contribution >= 4 is 21.0 Å². The number of hydrogen-bond acceptors (Lipinski definition) is 2. The van der Waals surface area contributed by atoms with Crippen molar-refractivity contribution in [1.29, 1.82) is 0 Å². The standard InChI is InChI=1S/C18H12F4O2S/c1-25(23,24)18-9-16(21)15(8-17(18)22)14-4-2-3-13(14)10-5-11(19)7-12(20)6-10/h3-9H,2H2,1H3. The van der Waals surface area contributed by atoms with Gasteiger partial charge in [0.1, 0.15) is 28.2 Å². The molecule has 1 aliphatic carbocycles. The Morgan fingerprint density at radius 3 is 2.00 bits per heavy atom. The van der Waals surface area contributed by atoms with Crippen LogP contribution in [0.2, 0.25) is 0 Å². The minimum Gasteiger partial charge on any atom is -0.224 e. The zero-order valence-electron chi connectivity index (χ0n) is 13.0. The van der Waals surface area contributed by atoms with Gasteiger partial charge >= 0.3 is 0 Å². The molecule has 0 fully saturated rings. The lowest BCUT2D eigenvalue weighted by molar-refractivity contribution is 0.554. The van der Waals surface area contributed by atoms with E-state index in [1.54, 1.807) is 12.2 Å². The third-order valence-corrected chi connectivity index (χ3v) is 4.93. The molecule has 0 unspecified atom stereocenters. The summed E-state index contributed by atoms with van der Waals surface area (Å²) in [6.45, 7) is 0. The number of sulfone groups is 1. The van der Waals surface area contributed by atoms with Crippen LogP contribution in [0.3, 0.4) is 0 Å². The zero-order valence-corrected chi connectivity index (χ0v) is 13.8. The first-order valence-corrected chi connectivity index (χ1v) is 9.12. The van der Waals surface area contributed by atoms with Crippen molar-refractivity contribution in [3.63, 3.8) is 0 Å². The van der Waals surface area contributed by atoms with Gasteiger partial charge in [-0.2, -0.15) is 0 Å². The Hall–Kier alpha value is -2.41. The Kier molecular flexibility index (Phi) is 4.28. The van der Waals surface area contributed by atoms with Gasteiger partial charge in [-0.25, -0.2) is 26.0 Å². The molecule has 0 amide bonds. The molecule has 0 spiro atoms. The van der Waals surface area contributed by atoms with E-state index in [4.69, 9.17) is 0 Å². The first kappa shape index (κ1) is 17.4. The fourth-order valence-corrected chi connectivity index (χ4v) is 3.50. The molecular weight excluding hydrogens is 356 g/mol. The molecule has 0 heterocycles. The molecule has 0 saturated heterocycles. The number of halogens is 4. The van der Waals surface area contributed by atoms with Crippen LogP contribution in [0.1, 0.15) is 17.5 Å². The maximum absolute atomic E-state index is 14.4. The molecule has 7 heteroatoms. The van der Waals surface area contributed by atoms with E-state index < -0.39 is 38.0 Å². The van der Waals surface area contributed by atoms with E-state index >= 15 is 0 Å². The second-order valence-electron chi connectivity index (χ2n) is 5.66. The molecule has 0 saturated carbocycles. The molecule has 0 bridgehead atoms. The summed E-state index contributed by atoms with van der Waals surface area (Å²) in [5, 5.41) is 0. The fourth-order valence-electron chi connectivity index (χ4n) is 2.77. The Morgan fingerprint density at radius 2 is 1.40 bits per heavy atom. The normalized spacial score (nSPS) is 14.4. The maximum atomic E-state index is 14.4. The SMILES string of the molecule is CS(=O)(=O)c1cc(F)c(C2=CCC=C2c2cc(F)cc(F)c2)cc1F. The third kappa shape index (κ3) is 3.37. The van der Waals surface area contributed by atoms with Crippen LogP contribution in [0.15, 0.2) is 47.4 Å². The van der Waals surface area contributed by atoms with E-state index in [2.05, 4.69) is 0 Å². The molecule has 0 N–H and O–H groups in total. The minimum absolute atomic E-state index is 0.168. The van der Waals surface area contributed by atoms with Crippen molar-refractivity contribution in [2.24, 2.45) is 0 Å². The van der Waals surface area contributed by atoms with Gasteiger partial charge in [0.25, 0.3) is 0 Å². The topological polar surface area (TPSA) is 34.1 Å². The second-order valence-corrected chi connectivity index (χ2v) is 7.65. The number of benzene rings is 2. The summed E-state index contributed by atoms with van der Waals surface area (Å²) in [5.41, 5.74) is 0.622. The summed E-state index contributed by atoms with van der Waals surface area (Å²) in [5.74, 6) is -3.60. The monoisotopic (exact) mass is 368 g/mol. The highest BCUT2D eigenvalue weighted by Gasteiger charge is 2.23. The highest BCUT2D eigenvalue weighted by Crippen LogP contribution is 2.38. The highest BCUT2D eigenvalue weighted by atomic mass is 32.2. The lowest BCUT2D eigenvalue weighted by Crippen LogP contribution is -2.04.